The number of esters is 1. The Morgan fingerprint density at radius 3 is 2.76 bits per heavy atom. The molecule has 0 radical (unpaired) electrons. The molecule has 0 aliphatic heterocycles. The quantitative estimate of drug-likeness (QED) is 0.423. The van der Waals surface area contributed by atoms with Gasteiger partial charge in [-0.3, -0.25) is 14.6 Å². The third-order valence-electron chi connectivity index (χ3n) is 3.91. The summed E-state index contributed by atoms with van der Waals surface area (Å²) >= 11 is 5.78. The summed E-state index contributed by atoms with van der Waals surface area (Å²) in [5.74, 6) is 0.287. The summed E-state index contributed by atoms with van der Waals surface area (Å²) in [4.78, 5) is 32.0. The van der Waals surface area contributed by atoms with E-state index in [4.69, 9.17) is 20.9 Å². The second kappa shape index (κ2) is 10.3. The fourth-order valence-electron chi connectivity index (χ4n) is 2.43. The lowest BCUT2D eigenvalue weighted by Gasteiger charge is -2.06. The third-order valence-corrected chi connectivity index (χ3v) is 4.16. The van der Waals surface area contributed by atoms with E-state index < -0.39 is 0 Å². The van der Waals surface area contributed by atoms with Crippen LogP contribution in [0.5, 0.6) is 0 Å². The van der Waals surface area contributed by atoms with Crippen LogP contribution in [0.1, 0.15) is 29.1 Å². The van der Waals surface area contributed by atoms with Gasteiger partial charge in [0, 0.05) is 41.5 Å². The van der Waals surface area contributed by atoms with Crippen LogP contribution in [-0.4, -0.2) is 40.2 Å². The van der Waals surface area contributed by atoms with Gasteiger partial charge in [-0.25, -0.2) is 0 Å². The molecular formula is C20H19ClN4O4. The van der Waals surface area contributed by atoms with Crippen molar-refractivity contribution in [3.05, 3.63) is 65.3 Å². The zero-order valence-corrected chi connectivity index (χ0v) is 16.3. The molecule has 8 nitrogen and oxygen atoms in total. The molecule has 0 aliphatic rings. The minimum Gasteiger partial charge on any atom is -0.466 e. The Labute approximate surface area is 172 Å². The van der Waals surface area contributed by atoms with Crippen molar-refractivity contribution < 1.29 is 18.8 Å². The Balaban J connectivity index is 1.31. The zero-order valence-electron chi connectivity index (χ0n) is 15.5. The van der Waals surface area contributed by atoms with Crippen LogP contribution >= 0.6 is 11.6 Å². The van der Waals surface area contributed by atoms with Crippen LogP contribution in [-0.2, 0) is 16.0 Å². The Bertz CT molecular complexity index is 945. The lowest BCUT2D eigenvalue weighted by atomic mass is 10.2. The first kappa shape index (κ1) is 20.5. The second-order valence-corrected chi connectivity index (χ2v) is 6.53. The first-order valence-electron chi connectivity index (χ1n) is 9.04. The predicted molar refractivity (Wildman–Crippen MR) is 105 cm³/mol. The molecular weight excluding hydrogens is 396 g/mol. The highest BCUT2D eigenvalue weighted by atomic mass is 35.5. The zero-order chi connectivity index (χ0) is 20.5. The van der Waals surface area contributed by atoms with Crippen LogP contribution in [0.15, 0.2) is 53.3 Å². The maximum Gasteiger partial charge on any atom is 0.307 e. The molecule has 2 aromatic heterocycles. The highest BCUT2D eigenvalue weighted by Crippen LogP contribution is 2.14. The molecule has 0 saturated carbocycles. The molecule has 3 aromatic rings. The highest BCUT2D eigenvalue weighted by Gasteiger charge is 2.10. The van der Waals surface area contributed by atoms with Gasteiger partial charge in [0.05, 0.1) is 13.0 Å². The molecule has 150 valence electrons. The van der Waals surface area contributed by atoms with E-state index in [0.29, 0.717) is 35.1 Å². The minimum absolute atomic E-state index is 0.0883. The van der Waals surface area contributed by atoms with Gasteiger partial charge in [-0.15, -0.1) is 0 Å². The van der Waals surface area contributed by atoms with E-state index in [2.05, 4.69) is 20.4 Å². The first-order valence-corrected chi connectivity index (χ1v) is 9.42. The van der Waals surface area contributed by atoms with Gasteiger partial charge in [-0.05, 0) is 42.8 Å². The SMILES string of the molecule is O=C(CCNC(=O)c1ccc(Cl)cc1)OCCCc1nc(-c2cccnc2)no1. The van der Waals surface area contributed by atoms with Crippen molar-refractivity contribution in [2.24, 2.45) is 0 Å². The maximum absolute atomic E-state index is 11.9. The van der Waals surface area contributed by atoms with Crippen molar-refractivity contribution in [2.45, 2.75) is 19.3 Å². The molecule has 29 heavy (non-hydrogen) atoms. The summed E-state index contributed by atoms with van der Waals surface area (Å²) in [6, 6.07) is 10.1. The molecule has 0 atom stereocenters. The number of rotatable bonds is 9. The smallest absolute Gasteiger partial charge is 0.307 e. The summed E-state index contributed by atoms with van der Waals surface area (Å²) in [5.41, 5.74) is 1.25. The molecule has 3 rings (SSSR count). The lowest BCUT2D eigenvalue weighted by molar-refractivity contribution is -0.143. The molecule has 0 saturated heterocycles. The van der Waals surface area contributed by atoms with Crippen molar-refractivity contribution in [3.8, 4) is 11.4 Å². The Hall–Kier alpha value is -3.26. The number of carbonyl (C=O) groups is 2. The first-order chi connectivity index (χ1) is 14.1. The molecule has 0 fully saturated rings. The number of hydrogen-bond acceptors (Lipinski definition) is 7. The predicted octanol–water partition coefficient (Wildman–Crippen LogP) is 3.08. The largest absolute Gasteiger partial charge is 0.466 e. The number of ether oxygens (including phenoxy) is 1. The second-order valence-electron chi connectivity index (χ2n) is 6.09. The van der Waals surface area contributed by atoms with Crippen LogP contribution in [0.4, 0.5) is 0 Å². The van der Waals surface area contributed by atoms with E-state index in [1.165, 1.54) is 0 Å². The van der Waals surface area contributed by atoms with Gasteiger partial charge in [-0.2, -0.15) is 4.98 Å². The number of nitrogens with one attached hydrogen (secondary N) is 1. The van der Waals surface area contributed by atoms with E-state index in [0.717, 1.165) is 5.56 Å². The Morgan fingerprint density at radius 1 is 1.17 bits per heavy atom. The summed E-state index contributed by atoms with van der Waals surface area (Å²) in [6.07, 6.45) is 4.46. The monoisotopic (exact) mass is 414 g/mol. The summed E-state index contributed by atoms with van der Waals surface area (Å²) in [7, 11) is 0. The number of halogens is 1. The van der Waals surface area contributed by atoms with E-state index in [1.807, 2.05) is 6.07 Å². The number of carbonyl (C=O) groups excluding carboxylic acids is 2. The Morgan fingerprint density at radius 2 is 2.00 bits per heavy atom. The van der Waals surface area contributed by atoms with Gasteiger partial charge in [0.2, 0.25) is 11.7 Å². The molecule has 9 heteroatoms. The molecule has 2 heterocycles. The van der Waals surface area contributed by atoms with Crippen molar-refractivity contribution in [1.29, 1.82) is 0 Å². The van der Waals surface area contributed by atoms with Gasteiger partial charge in [0.25, 0.3) is 5.91 Å². The standard InChI is InChI=1S/C20H19ClN4O4/c21-16-7-5-14(6-8-16)20(27)23-11-9-18(26)28-12-2-4-17-24-19(25-29-17)15-3-1-10-22-13-15/h1,3,5-8,10,13H,2,4,9,11-12H2,(H,23,27). The van der Waals surface area contributed by atoms with E-state index >= 15 is 0 Å². The lowest BCUT2D eigenvalue weighted by Crippen LogP contribution is -2.26. The molecule has 0 bridgehead atoms. The van der Waals surface area contributed by atoms with Crippen molar-refractivity contribution >= 4 is 23.5 Å². The molecule has 1 amide bonds. The van der Waals surface area contributed by atoms with Gasteiger partial charge >= 0.3 is 5.97 Å². The van der Waals surface area contributed by atoms with Crippen LogP contribution < -0.4 is 5.32 Å². The molecule has 1 aromatic carbocycles. The molecule has 0 aliphatic carbocycles. The average molecular weight is 415 g/mol. The van der Waals surface area contributed by atoms with E-state index in [-0.39, 0.29) is 31.4 Å². The third kappa shape index (κ3) is 6.39. The number of aromatic nitrogens is 3. The molecule has 1 N–H and O–H groups in total. The van der Waals surface area contributed by atoms with Crippen molar-refractivity contribution in [1.82, 2.24) is 20.4 Å². The van der Waals surface area contributed by atoms with Crippen LogP contribution in [0, 0.1) is 0 Å². The normalized spacial score (nSPS) is 10.5. The molecule has 0 unspecified atom stereocenters. The van der Waals surface area contributed by atoms with Crippen LogP contribution in [0.25, 0.3) is 11.4 Å². The fraction of sp³-hybridized carbons (Fsp3) is 0.250. The number of nitrogens with zero attached hydrogens (tertiary/aromatic N) is 3. The summed E-state index contributed by atoms with van der Waals surface area (Å²) in [5, 5.41) is 7.12. The minimum atomic E-state index is -0.386. The maximum atomic E-state index is 11.9. The van der Waals surface area contributed by atoms with Crippen molar-refractivity contribution in [3.63, 3.8) is 0 Å². The number of benzene rings is 1. The fourth-order valence-corrected chi connectivity index (χ4v) is 2.56. The topological polar surface area (TPSA) is 107 Å². The van der Waals surface area contributed by atoms with Crippen molar-refractivity contribution in [2.75, 3.05) is 13.2 Å². The average Bonchev–Trinajstić information content (AvgIpc) is 3.21. The summed E-state index contributed by atoms with van der Waals surface area (Å²) in [6.45, 7) is 0.424. The highest BCUT2D eigenvalue weighted by molar-refractivity contribution is 6.30. The summed E-state index contributed by atoms with van der Waals surface area (Å²) < 4.78 is 10.3. The van der Waals surface area contributed by atoms with Gasteiger partial charge < -0.3 is 14.6 Å². The van der Waals surface area contributed by atoms with Gasteiger partial charge in [-0.1, -0.05) is 16.8 Å². The van der Waals surface area contributed by atoms with Gasteiger partial charge in [0.15, 0.2) is 0 Å². The van der Waals surface area contributed by atoms with E-state index in [1.54, 1.807) is 42.7 Å². The number of hydrogen-bond donors (Lipinski definition) is 1. The van der Waals surface area contributed by atoms with Crippen LogP contribution in [0.2, 0.25) is 5.02 Å². The molecule has 0 spiro atoms. The van der Waals surface area contributed by atoms with Crippen LogP contribution in [0.3, 0.4) is 0 Å². The Kier molecular flexibility index (Phi) is 7.29. The number of pyridine rings is 1. The van der Waals surface area contributed by atoms with Gasteiger partial charge in [0.1, 0.15) is 0 Å². The van der Waals surface area contributed by atoms with E-state index in [9.17, 15) is 9.59 Å². The number of amides is 1. The number of aryl methyl sites for hydroxylation is 1.